The van der Waals surface area contributed by atoms with Crippen molar-refractivity contribution in [2.24, 2.45) is 5.92 Å². The molecule has 0 radical (unpaired) electrons. The third-order valence-corrected chi connectivity index (χ3v) is 2.64. The lowest BCUT2D eigenvalue weighted by atomic mass is 9.92. The number of hydrogen-bond acceptors (Lipinski definition) is 1. The van der Waals surface area contributed by atoms with Crippen molar-refractivity contribution in [3.8, 4) is 0 Å². The van der Waals surface area contributed by atoms with Gasteiger partial charge < -0.3 is 5.32 Å². The van der Waals surface area contributed by atoms with Gasteiger partial charge in [-0.2, -0.15) is 0 Å². The van der Waals surface area contributed by atoms with Crippen LogP contribution >= 0.6 is 0 Å². The van der Waals surface area contributed by atoms with Crippen LogP contribution in [-0.4, -0.2) is 6.04 Å². The van der Waals surface area contributed by atoms with Crippen LogP contribution in [0.2, 0.25) is 0 Å². The molecule has 0 saturated heterocycles. The maximum atomic E-state index is 3.66. The lowest BCUT2D eigenvalue weighted by Gasteiger charge is -2.19. The van der Waals surface area contributed by atoms with Crippen molar-refractivity contribution in [2.45, 2.75) is 32.7 Å². The Morgan fingerprint density at radius 2 is 2.54 bits per heavy atom. The Labute approximate surface area is 81.2 Å². The molecule has 2 unspecified atom stereocenters. The predicted octanol–water partition coefficient (Wildman–Crippen LogP) is 3.02. The highest BCUT2D eigenvalue weighted by Crippen LogP contribution is 2.20. The van der Waals surface area contributed by atoms with Crippen molar-refractivity contribution in [3.63, 3.8) is 0 Å². The zero-order chi connectivity index (χ0) is 9.68. The monoisotopic (exact) mass is 177 g/mol. The van der Waals surface area contributed by atoms with E-state index in [0.29, 0.717) is 12.0 Å². The number of hydrogen-bond donors (Lipinski definition) is 1. The Bertz CT molecular complexity index is 225. The van der Waals surface area contributed by atoms with Crippen molar-refractivity contribution in [1.29, 1.82) is 0 Å². The van der Waals surface area contributed by atoms with E-state index in [0.717, 1.165) is 6.42 Å². The molecule has 0 bridgehead atoms. The summed E-state index contributed by atoms with van der Waals surface area (Å²) in [6.45, 7) is 8.16. The standard InChI is InChI=1S/C12H19N/c1-4-10(3)11-6-8-12(9-7-11)13-5-2/h5-8,10,12-13H,2,4,9H2,1,3H3. The summed E-state index contributed by atoms with van der Waals surface area (Å²) < 4.78 is 0. The first-order valence-corrected chi connectivity index (χ1v) is 5.03. The van der Waals surface area contributed by atoms with Gasteiger partial charge in [-0.3, -0.25) is 0 Å². The molecule has 1 aliphatic carbocycles. The summed E-state index contributed by atoms with van der Waals surface area (Å²) >= 11 is 0. The zero-order valence-electron chi connectivity index (χ0n) is 8.59. The van der Waals surface area contributed by atoms with Crippen LogP contribution in [0.5, 0.6) is 0 Å². The molecular formula is C12H19N. The molecule has 1 N–H and O–H groups in total. The topological polar surface area (TPSA) is 12.0 Å². The minimum absolute atomic E-state index is 0.449. The van der Waals surface area contributed by atoms with Crippen LogP contribution in [-0.2, 0) is 0 Å². The summed E-state index contributed by atoms with van der Waals surface area (Å²) in [5, 5.41) is 3.19. The van der Waals surface area contributed by atoms with E-state index >= 15 is 0 Å². The Hall–Kier alpha value is -0.980. The highest BCUT2D eigenvalue weighted by atomic mass is 14.9. The Morgan fingerprint density at radius 1 is 1.77 bits per heavy atom. The van der Waals surface area contributed by atoms with E-state index < -0.39 is 0 Å². The first-order chi connectivity index (χ1) is 6.27. The van der Waals surface area contributed by atoms with Crippen LogP contribution in [0.1, 0.15) is 26.7 Å². The van der Waals surface area contributed by atoms with Gasteiger partial charge >= 0.3 is 0 Å². The highest BCUT2D eigenvalue weighted by molar-refractivity contribution is 5.27. The second-order valence-electron chi connectivity index (χ2n) is 3.59. The Balaban J connectivity index is 2.49. The van der Waals surface area contributed by atoms with E-state index in [4.69, 9.17) is 0 Å². The lowest BCUT2D eigenvalue weighted by Crippen LogP contribution is -2.22. The first kappa shape index (κ1) is 10.1. The molecule has 1 rings (SSSR count). The van der Waals surface area contributed by atoms with E-state index in [-0.39, 0.29) is 0 Å². The normalized spacial score (nSPS) is 23.5. The molecule has 1 aliphatic rings. The van der Waals surface area contributed by atoms with Crippen LogP contribution in [0, 0.1) is 5.92 Å². The third-order valence-electron chi connectivity index (χ3n) is 2.64. The van der Waals surface area contributed by atoms with Gasteiger partial charge in [0.25, 0.3) is 0 Å². The molecule has 0 aromatic heterocycles. The van der Waals surface area contributed by atoms with Gasteiger partial charge in [0.1, 0.15) is 0 Å². The second-order valence-corrected chi connectivity index (χ2v) is 3.59. The molecule has 0 spiro atoms. The largest absolute Gasteiger partial charge is 0.385 e. The minimum atomic E-state index is 0.449. The molecule has 0 aromatic carbocycles. The van der Waals surface area contributed by atoms with Crippen LogP contribution in [0.3, 0.4) is 0 Å². The van der Waals surface area contributed by atoms with Crippen LogP contribution in [0.15, 0.2) is 36.6 Å². The van der Waals surface area contributed by atoms with Crippen LogP contribution in [0.4, 0.5) is 0 Å². The molecule has 0 aliphatic heterocycles. The quantitative estimate of drug-likeness (QED) is 0.696. The molecule has 1 nitrogen and oxygen atoms in total. The smallest absolute Gasteiger partial charge is 0.0476 e. The Morgan fingerprint density at radius 3 is 3.00 bits per heavy atom. The lowest BCUT2D eigenvalue weighted by molar-refractivity contribution is 0.639. The molecule has 0 aromatic rings. The van der Waals surface area contributed by atoms with Gasteiger partial charge in [0.05, 0.1) is 0 Å². The average Bonchev–Trinajstić information content (AvgIpc) is 2.18. The summed E-state index contributed by atoms with van der Waals surface area (Å²) in [7, 11) is 0. The summed E-state index contributed by atoms with van der Waals surface area (Å²) in [5.74, 6) is 0.695. The van der Waals surface area contributed by atoms with E-state index in [1.165, 1.54) is 12.0 Å². The van der Waals surface area contributed by atoms with E-state index in [1.807, 2.05) is 0 Å². The fraction of sp³-hybridized carbons (Fsp3) is 0.500. The third kappa shape index (κ3) is 2.76. The van der Waals surface area contributed by atoms with Crippen molar-refractivity contribution in [1.82, 2.24) is 5.32 Å². The summed E-state index contributed by atoms with van der Waals surface area (Å²) in [6.07, 6.45) is 10.9. The fourth-order valence-corrected chi connectivity index (χ4v) is 1.51. The minimum Gasteiger partial charge on any atom is -0.385 e. The van der Waals surface area contributed by atoms with E-state index in [9.17, 15) is 0 Å². The summed E-state index contributed by atoms with van der Waals surface area (Å²) in [5.41, 5.74) is 1.48. The van der Waals surface area contributed by atoms with Crippen molar-refractivity contribution in [2.75, 3.05) is 0 Å². The second kappa shape index (κ2) is 4.90. The molecule has 72 valence electrons. The molecular weight excluding hydrogens is 158 g/mol. The molecule has 1 heteroatoms. The van der Waals surface area contributed by atoms with Gasteiger partial charge in [0.2, 0.25) is 0 Å². The molecule has 0 amide bonds. The van der Waals surface area contributed by atoms with Crippen LogP contribution < -0.4 is 5.32 Å². The molecule has 0 fully saturated rings. The zero-order valence-corrected chi connectivity index (χ0v) is 8.59. The molecule has 0 saturated carbocycles. The van der Waals surface area contributed by atoms with Gasteiger partial charge in [0, 0.05) is 6.04 Å². The average molecular weight is 177 g/mol. The maximum Gasteiger partial charge on any atom is 0.0476 e. The van der Waals surface area contributed by atoms with Gasteiger partial charge in [-0.25, -0.2) is 0 Å². The van der Waals surface area contributed by atoms with Gasteiger partial charge in [-0.05, 0) is 30.5 Å². The van der Waals surface area contributed by atoms with E-state index in [2.05, 4.69) is 44.0 Å². The summed E-state index contributed by atoms with van der Waals surface area (Å²) in [6, 6.07) is 0.449. The fourth-order valence-electron chi connectivity index (χ4n) is 1.51. The van der Waals surface area contributed by atoms with Crippen LogP contribution in [0.25, 0.3) is 0 Å². The van der Waals surface area contributed by atoms with Gasteiger partial charge in [-0.1, -0.05) is 38.7 Å². The molecule has 13 heavy (non-hydrogen) atoms. The number of nitrogens with one attached hydrogen (secondary N) is 1. The van der Waals surface area contributed by atoms with Gasteiger partial charge in [0.15, 0.2) is 0 Å². The first-order valence-electron chi connectivity index (χ1n) is 5.03. The van der Waals surface area contributed by atoms with Crippen molar-refractivity contribution >= 4 is 0 Å². The maximum absolute atomic E-state index is 3.66. The van der Waals surface area contributed by atoms with Crippen molar-refractivity contribution in [3.05, 3.63) is 36.6 Å². The number of allylic oxidation sites excluding steroid dienone is 2. The van der Waals surface area contributed by atoms with Crippen molar-refractivity contribution < 1.29 is 0 Å². The summed E-state index contributed by atoms with van der Waals surface area (Å²) in [4.78, 5) is 0. The van der Waals surface area contributed by atoms with Gasteiger partial charge in [-0.15, -0.1) is 0 Å². The predicted molar refractivity (Wildman–Crippen MR) is 58.4 cm³/mol. The molecule has 0 heterocycles. The Kier molecular flexibility index (Phi) is 3.81. The SMILES string of the molecule is C=CNC1C=CC(C(C)CC)=CC1. The molecule has 2 atom stereocenters. The van der Waals surface area contributed by atoms with E-state index in [1.54, 1.807) is 6.20 Å². The highest BCUT2D eigenvalue weighted by Gasteiger charge is 2.09. The number of rotatable bonds is 4.